The molecule has 1 atom stereocenters. The molecule has 1 unspecified atom stereocenters. The first kappa shape index (κ1) is 19.0. The largest absolute Gasteiger partial charge is 0.463 e. The second kappa shape index (κ2) is 7.07. The molecular weight excluding hydrogens is 374 g/mol. The lowest BCUT2D eigenvalue weighted by atomic mass is 10.1. The highest BCUT2D eigenvalue weighted by Gasteiger charge is 2.32. The molecule has 2 aromatic rings. The summed E-state index contributed by atoms with van der Waals surface area (Å²) >= 11 is 0. The lowest BCUT2D eigenvalue weighted by Crippen LogP contribution is -2.34. The predicted octanol–water partition coefficient (Wildman–Crippen LogP) is 2.13. The SMILES string of the molecule is COC(=O)c1ccc(COC(=O)c2ccc3c(c2)CC(C)N3S(C)(=O)=O)o1. The molecule has 0 N–H and O–H groups in total. The molecule has 8 nitrogen and oxygen atoms in total. The molecule has 0 saturated heterocycles. The summed E-state index contributed by atoms with van der Waals surface area (Å²) in [6, 6.07) is 7.53. The van der Waals surface area contributed by atoms with E-state index in [9.17, 15) is 18.0 Å². The molecule has 0 saturated carbocycles. The molecule has 0 amide bonds. The number of fused-ring (bicyclic) bond motifs is 1. The summed E-state index contributed by atoms with van der Waals surface area (Å²) < 4.78 is 40.2. The molecule has 27 heavy (non-hydrogen) atoms. The first-order chi connectivity index (χ1) is 12.7. The Morgan fingerprint density at radius 3 is 2.63 bits per heavy atom. The number of hydrogen-bond donors (Lipinski definition) is 0. The highest BCUT2D eigenvalue weighted by molar-refractivity contribution is 7.92. The maximum atomic E-state index is 12.3. The fourth-order valence-electron chi connectivity index (χ4n) is 3.12. The standard InChI is InChI=1S/C18H19NO7S/c1-11-8-13-9-12(4-6-15(13)19(11)27(3,22)23)17(20)25-10-14-5-7-16(26-14)18(21)24-2/h4-7,9,11H,8,10H2,1-3H3. The number of anilines is 1. The second-order valence-corrected chi connectivity index (χ2v) is 8.15. The van der Waals surface area contributed by atoms with E-state index in [0.717, 1.165) is 11.8 Å². The molecule has 0 aliphatic carbocycles. The molecule has 3 rings (SSSR count). The van der Waals surface area contributed by atoms with Crippen molar-refractivity contribution in [1.82, 2.24) is 0 Å². The van der Waals surface area contributed by atoms with Gasteiger partial charge in [0.05, 0.1) is 24.6 Å². The zero-order chi connectivity index (χ0) is 19.8. The zero-order valence-electron chi connectivity index (χ0n) is 15.1. The van der Waals surface area contributed by atoms with Gasteiger partial charge in [-0.2, -0.15) is 0 Å². The lowest BCUT2D eigenvalue weighted by molar-refractivity contribution is 0.0438. The first-order valence-electron chi connectivity index (χ1n) is 8.17. The first-order valence-corrected chi connectivity index (χ1v) is 10.0. The fraction of sp³-hybridized carbons (Fsp3) is 0.333. The van der Waals surface area contributed by atoms with Crippen LogP contribution in [0, 0.1) is 0 Å². The van der Waals surface area contributed by atoms with Crippen molar-refractivity contribution < 1.29 is 31.9 Å². The van der Waals surface area contributed by atoms with E-state index in [1.807, 2.05) is 6.92 Å². The van der Waals surface area contributed by atoms with Crippen LogP contribution in [0.25, 0.3) is 0 Å². The van der Waals surface area contributed by atoms with Gasteiger partial charge in [0.25, 0.3) is 0 Å². The van der Waals surface area contributed by atoms with Gasteiger partial charge in [-0.3, -0.25) is 4.31 Å². The third-order valence-electron chi connectivity index (χ3n) is 4.22. The minimum Gasteiger partial charge on any atom is -0.463 e. The van der Waals surface area contributed by atoms with Gasteiger partial charge >= 0.3 is 11.9 Å². The van der Waals surface area contributed by atoms with Gasteiger partial charge in [-0.15, -0.1) is 0 Å². The highest BCUT2D eigenvalue weighted by atomic mass is 32.2. The van der Waals surface area contributed by atoms with Crippen LogP contribution in [-0.4, -0.2) is 39.8 Å². The number of rotatable bonds is 5. The van der Waals surface area contributed by atoms with Gasteiger partial charge in [0, 0.05) is 6.04 Å². The van der Waals surface area contributed by atoms with E-state index < -0.39 is 22.0 Å². The molecule has 0 spiro atoms. The molecule has 144 valence electrons. The minimum absolute atomic E-state index is 0.0240. The van der Waals surface area contributed by atoms with Crippen molar-refractivity contribution in [2.75, 3.05) is 17.7 Å². The van der Waals surface area contributed by atoms with E-state index in [2.05, 4.69) is 4.74 Å². The number of sulfonamides is 1. The highest BCUT2D eigenvalue weighted by Crippen LogP contribution is 2.34. The maximum Gasteiger partial charge on any atom is 0.373 e. The number of methoxy groups -OCH3 is 1. The molecule has 2 heterocycles. The Morgan fingerprint density at radius 1 is 1.22 bits per heavy atom. The van der Waals surface area contributed by atoms with Crippen LogP contribution < -0.4 is 4.31 Å². The van der Waals surface area contributed by atoms with Crippen LogP contribution >= 0.6 is 0 Å². The number of ether oxygens (including phenoxy) is 2. The number of benzene rings is 1. The molecule has 0 fully saturated rings. The number of nitrogens with zero attached hydrogens (tertiary/aromatic N) is 1. The molecule has 1 aliphatic heterocycles. The van der Waals surface area contributed by atoms with Gasteiger partial charge in [0.15, 0.2) is 0 Å². The lowest BCUT2D eigenvalue weighted by Gasteiger charge is -2.21. The Kier molecular flexibility index (Phi) is 4.97. The van der Waals surface area contributed by atoms with E-state index in [0.29, 0.717) is 23.4 Å². The Balaban J connectivity index is 1.71. The summed E-state index contributed by atoms with van der Waals surface area (Å²) in [6.07, 6.45) is 1.68. The Bertz CT molecular complexity index is 993. The number of esters is 2. The number of carbonyl (C=O) groups is 2. The predicted molar refractivity (Wildman–Crippen MR) is 96.1 cm³/mol. The van der Waals surface area contributed by atoms with Gasteiger partial charge in [-0.05, 0) is 49.2 Å². The normalized spacial score (nSPS) is 16.1. The van der Waals surface area contributed by atoms with Crippen LogP contribution in [0.15, 0.2) is 34.7 Å². The number of carbonyl (C=O) groups excluding carboxylic acids is 2. The van der Waals surface area contributed by atoms with Crippen molar-refractivity contribution in [3.05, 3.63) is 53.0 Å². The van der Waals surface area contributed by atoms with Crippen LogP contribution in [0.2, 0.25) is 0 Å². The van der Waals surface area contributed by atoms with E-state index in [1.165, 1.54) is 29.6 Å². The van der Waals surface area contributed by atoms with Gasteiger partial charge in [0.2, 0.25) is 15.8 Å². The van der Waals surface area contributed by atoms with Gasteiger partial charge < -0.3 is 13.9 Å². The topological polar surface area (TPSA) is 103 Å². The molecule has 9 heteroatoms. The van der Waals surface area contributed by atoms with Crippen LogP contribution in [-0.2, 0) is 32.5 Å². The van der Waals surface area contributed by atoms with E-state index >= 15 is 0 Å². The third kappa shape index (κ3) is 3.82. The average molecular weight is 393 g/mol. The summed E-state index contributed by atoms with van der Waals surface area (Å²) in [5.41, 5.74) is 1.67. The Hall–Kier alpha value is -2.81. The Labute approximate surface area is 156 Å². The Morgan fingerprint density at radius 2 is 1.96 bits per heavy atom. The van der Waals surface area contributed by atoms with Gasteiger partial charge in [-0.1, -0.05) is 0 Å². The summed E-state index contributed by atoms with van der Waals surface area (Å²) in [7, 11) is -2.14. The summed E-state index contributed by atoms with van der Waals surface area (Å²) in [6.45, 7) is 1.67. The number of hydrogen-bond acceptors (Lipinski definition) is 7. The molecule has 1 aromatic carbocycles. The van der Waals surface area contributed by atoms with Gasteiger partial charge in [-0.25, -0.2) is 18.0 Å². The van der Waals surface area contributed by atoms with Crippen molar-refractivity contribution in [2.24, 2.45) is 0 Å². The summed E-state index contributed by atoms with van der Waals surface area (Å²) in [4.78, 5) is 23.6. The molecule has 0 bridgehead atoms. The molecular formula is C18H19NO7S. The van der Waals surface area contributed by atoms with Gasteiger partial charge in [0.1, 0.15) is 12.4 Å². The van der Waals surface area contributed by atoms with Crippen LogP contribution in [0.4, 0.5) is 5.69 Å². The average Bonchev–Trinajstić information content (AvgIpc) is 3.21. The van der Waals surface area contributed by atoms with Crippen molar-refractivity contribution in [1.29, 1.82) is 0 Å². The van der Waals surface area contributed by atoms with Crippen molar-refractivity contribution >= 4 is 27.6 Å². The van der Waals surface area contributed by atoms with Crippen LogP contribution in [0.3, 0.4) is 0 Å². The molecule has 0 radical (unpaired) electrons. The van der Waals surface area contributed by atoms with E-state index in [4.69, 9.17) is 9.15 Å². The third-order valence-corrected chi connectivity index (χ3v) is 5.49. The monoisotopic (exact) mass is 393 g/mol. The van der Waals surface area contributed by atoms with E-state index in [1.54, 1.807) is 12.1 Å². The molecule has 1 aliphatic rings. The van der Waals surface area contributed by atoms with Crippen LogP contribution in [0.5, 0.6) is 0 Å². The number of furan rings is 1. The summed E-state index contributed by atoms with van der Waals surface area (Å²) in [5, 5.41) is 0. The minimum atomic E-state index is -3.38. The molecule has 1 aromatic heterocycles. The smallest absolute Gasteiger partial charge is 0.373 e. The van der Waals surface area contributed by atoms with E-state index in [-0.39, 0.29) is 18.4 Å². The van der Waals surface area contributed by atoms with Crippen molar-refractivity contribution in [3.63, 3.8) is 0 Å². The fourth-order valence-corrected chi connectivity index (χ4v) is 4.38. The summed E-state index contributed by atoms with van der Waals surface area (Å²) in [5.74, 6) is -0.854. The quantitative estimate of drug-likeness (QED) is 0.717. The van der Waals surface area contributed by atoms with Crippen molar-refractivity contribution in [3.8, 4) is 0 Å². The van der Waals surface area contributed by atoms with Crippen molar-refractivity contribution in [2.45, 2.75) is 26.0 Å². The van der Waals surface area contributed by atoms with Crippen LogP contribution in [0.1, 0.15) is 39.2 Å². The zero-order valence-corrected chi connectivity index (χ0v) is 15.9. The second-order valence-electron chi connectivity index (χ2n) is 6.29. The maximum absolute atomic E-state index is 12.3.